The van der Waals surface area contributed by atoms with Crippen molar-refractivity contribution in [1.29, 1.82) is 0 Å². The second-order valence-corrected chi connectivity index (χ2v) is 8.93. The van der Waals surface area contributed by atoms with E-state index < -0.39 is 10.0 Å². The summed E-state index contributed by atoms with van der Waals surface area (Å²) in [4.78, 5) is 13.4. The summed E-state index contributed by atoms with van der Waals surface area (Å²) < 4.78 is 29.7. The van der Waals surface area contributed by atoms with Crippen LogP contribution in [0.5, 0.6) is 0 Å². The molecule has 0 amide bonds. The lowest BCUT2D eigenvalue weighted by Gasteiger charge is -2.36. The number of rotatable bonds is 5. The molecule has 0 saturated carbocycles. The van der Waals surface area contributed by atoms with Crippen molar-refractivity contribution in [1.82, 2.24) is 19.7 Å². The summed E-state index contributed by atoms with van der Waals surface area (Å²) in [5, 5.41) is 4.18. The maximum atomic E-state index is 12.8. The summed E-state index contributed by atoms with van der Waals surface area (Å²) in [7, 11) is -2.04. The highest BCUT2D eigenvalue weighted by molar-refractivity contribution is 7.92. The van der Waals surface area contributed by atoms with E-state index in [1.807, 2.05) is 18.2 Å². The van der Waals surface area contributed by atoms with E-state index in [0.717, 1.165) is 26.2 Å². The first-order chi connectivity index (χ1) is 14.3. The second kappa shape index (κ2) is 7.94. The van der Waals surface area contributed by atoms with Crippen LogP contribution in [0.15, 0.2) is 47.6 Å². The Morgan fingerprint density at radius 2 is 1.53 bits per heavy atom. The molecule has 0 atom stereocenters. The van der Waals surface area contributed by atoms with Crippen molar-refractivity contribution in [3.8, 4) is 0 Å². The van der Waals surface area contributed by atoms with Crippen LogP contribution >= 0.6 is 0 Å². The number of nitrogens with one attached hydrogen (secondary N) is 1. The molecule has 1 fully saturated rings. The minimum Gasteiger partial charge on any atom is -0.368 e. The van der Waals surface area contributed by atoms with E-state index in [9.17, 15) is 8.42 Å². The Hall–Kier alpha value is -3.14. The molecule has 3 aromatic rings. The number of aryl methyl sites for hydroxylation is 2. The molecule has 30 heavy (non-hydrogen) atoms. The maximum Gasteiger partial charge on any atom is 0.265 e. The monoisotopic (exact) mass is 427 g/mol. The van der Waals surface area contributed by atoms with Gasteiger partial charge >= 0.3 is 0 Å². The van der Waals surface area contributed by atoms with Crippen LogP contribution < -0.4 is 14.5 Å². The van der Waals surface area contributed by atoms with E-state index in [4.69, 9.17) is 0 Å². The van der Waals surface area contributed by atoms with Gasteiger partial charge in [0.2, 0.25) is 5.95 Å². The maximum absolute atomic E-state index is 12.8. The van der Waals surface area contributed by atoms with Crippen LogP contribution in [0.2, 0.25) is 0 Å². The number of nitrogens with zero attached hydrogens (tertiary/aromatic N) is 6. The molecule has 1 aliphatic rings. The van der Waals surface area contributed by atoms with Crippen molar-refractivity contribution >= 4 is 27.3 Å². The number of para-hydroxylation sites is 1. The van der Waals surface area contributed by atoms with Gasteiger partial charge in [-0.05, 0) is 26.0 Å². The van der Waals surface area contributed by atoms with Gasteiger partial charge in [0, 0.05) is 38.9 Å². The largest absolute Gasteiger partial charge is 0.368 e. The van der Waals surface area contributed by atoms with Gasteiger partial charge in [0.1, 0.15) is 4.90 Å². The smallest absolute Gasteiger partial charge is 0.265 e. The average Bonchev–Trinajstić information content (AvgIpc) is 3.01. The third kappa shape index (κ3) is 3.95. The fourth-order valence-corrected chi connectivity index (χ4v) is 5.16. The molecule has 1 N–H and O–H groups in total. The van der Waals surface area contributed by atoms with Gasteiger partial charge in [-0.25, -0.2) is 18.4 Å². The van der Waals surface area contributed by atoms with Gasteiger partial charge in [-0.2, -0.15) is 5.10 Å². The summed E-state index contributed by atoms with van der Waals surface area (Å²) in [5.41, 5.74) is 2.57. The van der Waals surface area contributed by atoms with Crippen molar-refractivity contribution in [3.63, 3.8) is 0 Å². The fraction of sp³-hybridized carbons (Fsp3) is 0.350. The molecule has 0 bridgehead atoms. The number of sulfonamides is 1. The topological polar surface area (TPSA) is 96.2 Å². The number of benzene rings is 1. The molecule has 0 unspecified atom stereocenters. The molecular weight excluding hydrogens is 402 g/mol. The van der Waals surface area contributed by atoms with E-state index in [1.165, 1.54) is 18.1 Å². The highest BCUT2D eigenvalue weighted by Gasteiger charge is 2.24. The van der Waals surface area contributed by atoms with Crippen molar-refractivity contribution in [2.45, 2.75) is 18.7 Å². The molecule has 1 saturated heterocycles. The first-order valence-corrected chi connectivity index (χ1v) is 11.2. The van der Waals surface area contributed by atoms with E-state index in [0.29, 0.717) is 23.0 Å². The minimum absolute atomic E-state index is 0.186. The van der Waals surface area contributed by atoms with Crippen molar-refractivity contribution < 1.29 is 8.42 Å². The summed E-state index contributed by atoms with van der Waals surface area (Å²) in [6, 6.07) is 10.3. The van der Waals surface area contributed by atoms with Gasteiger partial charge in [0.05, 0.1) is 29.5 Å². The predicted molar refractivity (Wildman–Crippen MR) is 116 cm³/mol. The summed E-state index contributed by atoms with van der Waals surface area (Å²) in [5.74, 6) is 0.597. The van der Waals surface area contributed by atoms with E-state index in [1.54, 1.807) is 25.6 Å². The standard InChI is InChI=1S/C20H25N7O2S/c1-15-19(16(2)25(3)23-15)30(28,29)24-17-13-21-20(22-14-17)27-11-9-26(10-12-27)18-7-5-4-6-8-18/h4-8,13-14,24H,9-12H2,1-3H3. The normalized spacial score (nSPS) is 14.8. The van der Waals surface area contributed by atoms with Gasteiger partial charge in [-0.15, -0.1) is 0 Å². The van der Waals surface area contributed by atoms with Crippen LogP contribution in [0.1, 0.15) is 11.4 Å². The molecular formula is C20H25N7O2S. The summed E-state index contributed by atoms with van der Waals surface area (Å²) >= 11 is 0. The molecule has 1 aliphatic heterocycles. The Balaban J connectivity index is 1.42. The number of aromatic nitrogens is 4. The summed E-state index contributed by atoms with van der Waals surface area (Å²) in [6.45, 7) is 6.75. The van der Waals surface area contributed by atoms with Gasteiger partial charge in [0.25, 0.3) is 10.0 Å². The third-order valence-corrected chi connectivity index (χ3v) is 6.92. The van der Waals surface area contributed by atoms with E-state index >= 15 is 0 Å². The fourth-order valence-electron chi connectivity index (χ4n) is 3.69. The Bertz CT molecular complexity index is 1120. The van der Waals surface area contributed by atoms with E-state index in [2.05, 4.69) is 41.7 Å². The Morgan fingerprint density at radius 1 is 0.933 bits per heavy atom. The van der Waals surface area contributed by atoms with Gasteiger partial charge in [-0.1, -0.05) is 18.2 Å². The number of piperazine rings is 1. The van der Waals surface area contributed by atoms with Gasteiger partial charge in [-0.3, -0.25) is 9.40 Å². The van der Waals surface area contributed by atoms with Crippen molar-refractivity contribution in [2.75, 3.05) is 40.7 Å². The van der Waals surface area contributed by atoms with Crippen LogP contribution in [-0.4, -0.2) is 54.3 Å². The van der Waals surface area contributed by atoms with Crippen LogP contribution in [0.4, 0.5) is 17.3 Å². The second-order valence-electron chi connectivity index (χ2n) is 7.31. The molecule has 1 aromatic carbocycles. The first-order valence-electron chi connectivity index (χ1n) is 9.75. The van der Waals surface area contributed by atoms with Crippen LogP contribution in [0.3, 0.4) is 0 Å². The molecule has 0 aliphatic carbocycles. The van der Waals surface area contributed by atoms with E-state index in [-0.39, 0.29) is 4.90 Å². The summed E-state index contributed by atoms with van der Waals surface area (Å²) in [6.07, 6.45) is 3.01. The van der Waals surface area contributed by atoms with Crippen LogP contribution in [0.25, 0.3) is 0 Å². The predicted octanol–water partition coefficient (Wildman–Crippen LogP) is 1.95. The Labute approximate surface area is 176 Å². The van der Waals surface area contributed by atoms with Crippen LogP contribution in [-0.2, 0) is 17.1 Å². The Kier molecular flexibility index (Phi) is 5.33. The number of anilines is 3. The number of hydrogen-bond donors (Lipinski definition) is 1. The zero-order valence-corrected chi connectivity index (χ0v) is 18.1. The zero-order chi connectivity index (χ0) is 21.3. The molecule has 10 heteroatoms. The molecule has 0 radical (unpaired) electrons. The molecule has 4 rings (SSSR count). The third-order valence-electron chi connectivity index (χ3n) is 5.29. The lowest BCUT2D eigenvalue weighted by Crippen LogP contribution is -2.47. The van der Waals surface area contributed by atoms with Crippen molar-refractivity contribution in [2.24, 2.45) is 7.05 Å². The van der Waals surface area contributed by atoms with Gasteiger partial charge in [0.15, 0.2) is 0 Å². The highest BCUT2D eigenvalue weighted by Crippen LogP contribution is 2.23. The minimum atomic E-state index is -3.76. The van der Waals surface area contributed by atoms with Crippen LogP contribution in [0, 0.1) is 13.8 Å². The molecule has 9 nitrogen and oxygen atoms in total. The quantitative estimate of drug-likeness (QED) is 0.665. The van der Waals surface area contributed by atoms with Gasteiger partial charge < -0.3 is 9.80 Å². The number of hydrogen-bond acceptors (Lipinski definition) is 7. The highest BCUT2D eigenvalue weighted by atomic mass is 32.2. The molecule has 0 spiro atoms. The Morgan fingerprint density at radius 3 is 2.10 bits per heavy atom. The van der Waals surface area contributed by atoms with Crippen molar-refractivity contribution in [3.05, 3.63) is 54.1 Å². The molecule has 158 valence electrons. The lowest BCUT2D eigenvalue weighted by atomic mass is 10.2. The zero-order valence-electron chi connectivity index (χ0n) is 17.3. The first kappa shape index (κ1) is 20.1. The SMILES string of the molecule is Cc1nn(C)c(C)c1S(=O)(=O)Nc1cnc(N2CCN(c3ccccc3)CC2)nc1. The molecule has 2 aromatic heterocycles. The lowest BCUT2D eigenvalue weighted by molar-refractivity contribution is 0.599. The average molecular weight is 428 g/mol. The molecule has 3 heterocycles.